The van der Waals surface area contributed by atoms with Crippen LogP contribution in [0.25, 0.3) is 12.2 Å². The Balaban J connectivity index is 2.72. The van der Waals surface area contributed by atoms with Crippen LogP contribution in [0.1, 0.15) is 13.3 Å². The third kappa shape index (κ3) is 1.28. The SMILES string of the molecule is CC1=CC=c2cncnc2=CC1. The molecule has 2 rings (SSSR count). The van der Waals surface area contributed by atoms with E-state index in [0.29, 0.717) is 0 Å². The van der Waals surface area contributed by atoms with Gasteiger partial charge in [0.15, 0.2) is 0 Å². The van der Waals surface area contributed by atoms with Crippen LogP contribution >= 0.6 is 0 Å². The molecule has 1 heterocycles. The zero-order valence-corrected chi connectivity index (χ0v) is 6.99. The van der Waals surface area contributed by atoms with Crippen molar-refractivity contribution < 1.29 is 0 Å². The molecule has 2 heteroatoms. The summed E-state index contributed by atoms with van der Waals surface area (Å²) in [6.07, 6.45) is 10.7. The van der Waals surface area contributed by atoms with Crippen LogP contribution in [0.5, 0.6) is 0 Å². The molecule has 60 valence electrons. The average Bonchev–Trinajstić information content (AvgIpc) is 2.29. The highest BCUT2D eigenvalue weighted by atomic mass is 14.8. The molecular weight excluding hydrogens is 148 g/mol. The fourth-order valence-electron chi connectivity index (χ4n) is 1.21. The van der Waals surface area contributed by atoms with Crippen molar-refractivity contribution >= 4 is 12.2 Å². The summed E-state index contributed by atoms with van der Waals surface area (Å²) in [6, 6.07) is 0. The van der Waals surface area contributed by atoms with Gasteiger partial charge in [-0.15, -0.1) is 0 Å². The van der Waals surface area contributed by atoms with Crippen molar-refractivity contribution in [2.45, 2.75) is 13.3 Å². The van der Waals surface area contributed by atoms with Crippen LogP contribution in [0.4, 0.5) is 0 Å². The third-order valence-electron chi connectivity index (χ3n) is 1.94. The van der Waals surface area contributed by atoms with E-state index in [1.54, 1.807) is 6.33 Å². The fraction of sp³-hybridized carbons (Fsp3) is 0.200. The molecule has 0 spiro atoms. The van der Waals surface area contributed by atoms with E-state index in [1.807, 2.05) is 6.20 Å². The van der Waals surface area contributed by atoms with Crippen molar-refractivity contribution in [3.63, 3.8) is 0 Å². The minimum Gasteiger partial charge on any atom is -0.244 e. The third-order valence-corrected chi connectivity index (χ3v) is 1.94. The quantitative estimate of drug-likeness (QED) is 0.545. The molecule has 0 saturated carbocycles. The van der Waals surface area contributed by atoms with Crippen LogP contribution in [0.3, 0.4) is 0 Å². The van der Waals surface area contributed by atoms with Crippen molar-refractivity contribution in [3.05, 3.63) is 34.7 Å². The van der Waals surface area contributed by atoms with Crippen LogP contribution in [0, 0.1) is 0 Å². The maximum Gasteiger partial charge on any atom is 0.116 e. The Labute approximate surface area is 71.0 Å². The zero-order chi connectivity index (χ0) is 8.39. The van der Waals surface area contributed by atoms with Crippen molar-refractivity contribution in [1.82, 2.24) is 9.97 Å². The van der Waals surface area contributed by atoms with E-state index < -0.39 is 0 Å². The first-order valence-corrected chi connectivity index (χ1v) is 4.00. The second kappa shape index (κ2) is 2.89. The highest BCUT2D eigenvalue weighted by Gasteiger charge is 1.91. The Morgan fingerprint density at radius 2 is 2.25 bits per heavy atom. The van der Waals surface area contributed by atoms with Crippen LogP contribution in [-0.4, -0.2) is 9.97 Å². The fourth-order valence-corrected chi connectivity index (χ4v) is 1.21. The average molecular weight is 158 g/mol. The van der Waals surface area contributed by atoms with Gasteiger partial charge < -0.3 is 0 Å². The summed E-state index contributed by atoms with van der Waals surface area (Å²) in [6.45, 7) is 2.12. The standard InChI is InChI=1S/C10H10N2/c1-8-2-4-9-6-11-7-12-10(9)5-3-8/h2,4-7H,3H2,1H3. The van der Waals surface area contributed by atoms with E-state index in [-0.39, 0.29) is 0 Å². The number of hydrogen-bond donors (Lipinski definition) is 0. The van der Waals surface area contributed by atoms with Crippen molar-refractivity contribution in [2.75, 3.05) is 0 Å². The highest BCUT2D eigenvalue weighted by molar-refractivity contribution is 5.44. The predicted octanol–water partition coefficient (Wildman–Crippen LogP) is 0.388. The Morgan fingerprint density at radius 3 is 3.17 bits per heavy atom. The Bertz CT molecular complexity index is 429. The smallest absolute Gasteiger partial charge is 0.116 e. The lowest BCUT2D eigenvalue weighted by molar-refractivity contribution is 1.09. The summed E-state index contributed by atoms with van der Waals surface area (Å²) in [5.74, 6) is 0. The molecule has 0 radical (unpaired) electrons. The van der Waals surface area contributed by atoms with Gasteiger partial charge in [-0.2, -0.15) is 0 Å². The Hall–Kier alpha value is -1.44. The van der Waals surface area contributed by atoms with Crippen LogP contribution in [-0.2, 0) is 0 Å². The number of allylic oxidation sites excluding steroid dienone is 2. The molecule has 2 nitrogen and oxygen atoms in total. The first-order chi connectivity index (χ1) is 5.86. The molecule has 1 aliphatic carbocycles. The molecule has 0 fully saturated rings. The first-order valence-electron chi connectivity index (χ1n) is 4.00. The van der Waals surface area contributed by atoms with Gasteiger partial charge in [0.05, 0.1) is 5.35 Å². The van der Waals surface area contributed by atoms with E-state index in [1.165, 1.54) is 5.57 Å². The number of rotatable bonds is 0. The normalized spacial score (nSPS) is 14.9. The lowest BCUT2D eigenvalue weighted by atomic mass is 10.2. The summed E-state index contributed by atoms with van der Waals surface area (Å²) in [5, 5.41) is 2.15. The van der Waals surface area contributed by atoms with Crippen LogP contribution in [0.2, 0.25) is 0 Å². The molecule has 12 heavy (non-hydrogen) atoms. The lowest BCUT2D eigenvalue weighted by Crippen LogP contribution is -2.27. The van der Waals surface area contributed by atoms with Crippen LogP contribution < -0.4 is 10.6 Å². The molecule has 0 bridgehead atoms. The van der Waals surface area contributed by atoms with Crippen molar-refractivity contribution in [1.29, 1.82) is 0 Å². The predicted molar refractivity (Wildman–Crippen MR) is 48.6 cm³/mol. The lowest BCUT2D eigenvalue weighted by Gasteiger charge is -1.87. The molecule has 0 amide bonds. The van der Waals surface area contributed by atoms with Gasteiger partial charge in [-0.3, -0.25) is 0 Å². The topological polar surface area (TPSA) is 25.8 Å². The van der Waals surface area contributed by atoms with Gasteiger partial charge in [-0.05, 0) is 13.3 Å². The molecule has 0 unspecified atom stereocenters. The van der Waals surface area contributed by atoms with E-state index in [0.717, 1.165) is 17.0 Å². The van der Waals surface area contributed by atoms with E-state index >= 15 is 0 Å². The molecule has 0 saturated heterocycles. The number of aromatic nitrogens is 2. The van der Waals surface area contributed by atoms with Crippen molar-refractivity contribution in [3.8, 4) is 0 Å². The second-order valence-corrected chi connectivity index (χ2v) is 2.95. The summed E-state index contributed by atoms with van der Waals surface area (Å²) < 4.78 is 0. The van der Waals surface area contributed by atoms with E-state index in [4.69, 9.17) is 0 Å². The highest BCUT2D eigenvalue weighted by Crippen LogP contribution is 2.00. The maximum atomic E-state index is 4.18. The van der Waals surface area contributed by atoms with E-state index in [9.17, 15) is 0 Å². The van der Waals surface area contributed by atoms with Gasteiger partial charge in [-0.25, -0.2) is 9.97 Å². The molecule has 0 aliphatic heterocycles. The Morgan fingerprint density at radius 1 is 1.33 bits per heavy atom. The molecule has 0 aromatic carbocycles. The van der Waals surface area contributed by atoms with E-state index in [2.05, 4.69) is 35.1 Å². The summed E-state index contributed by atoms with van der Waals surface area (Å²) in [5.41, 5.74) is 1.35. The number of fused-ring (bicyclic) bond motifs is 1. The Kier molecular flexibility index (Phi) is 1.74. The maximum absolute atomic E-state index is 4.18. The second-order valence-electron chi connectivity index (χ2n) is 2.95. The molecule has 1 aliphatic rings. The van der Waals surface area contributed by atoms with Gasteiger partial charge in [0.25, 0.3) is 0 Å². The molecule has 1 aromatic rings. The first kappa shape index (κ1) is 7.22. The molecule has 0 atom stereocenters. The largest absolute Gasteiger partial charge is 0.244 e. The zero-order valence-electron chi connectivity index (χ0n) is 6.99. The molecular formula is C10H10N2. The summed E-state index contributed by atoms with van der Waals surface area (Å²) in [7, 11) is 0. The minimum atomic E-state index is 0.987. The minimum absolute atomic E-state index is 0.987. The van der Waals surface area contributed by atoms with Gasteiger partial charge in [-0.1, -0.05) is 23.8 Å². The van der Waals surface area contributed by atoms with Gasteiger partial charge in [0.2, 0.25) is 0 Å². The molecule has 0 N–H and O–H groups in total. The monoisotopic (exact) mass is 158 g/mol. The van der Waals surface area contributed by atoms with Gasteiger partial charge in [0, 0.05) is 11.4 Å². The number of hydrogen-bond acceptors (Lipinski definition) is 2. The summed E-state index contributed by atoms with van der Waals surface area (Å²) in [4.78, 5) is 8.16. The van der Waals surface area contributed by atoms with Gasteiger partial charge >= 0.3 is 0 Å². The number of nitrogens with zero attached hydrogens (tertiary/aromatic N) is 2. The summed E-state index contributed by atoms with van der Waals surface area (Å²) >= 11 is 0. The van der Waals surface area contributed by atoms with Crippen molar-refractivity contribution in [2.24, 2.45) is 0 Å². The van der Waals surface area contributed by atoms with Crippen LogP contribution in [0.15, 0.2) is 24.2 Å². The van der Waals surface area contributed by atoms with Gasteiger partial charge in [0.1, 0.15) is 6.33 Å². The molecule has 1 aromatic heterocycles.